The van der Waals surface area contributed by atoms with Crippen LogP contribution >= 0.6 is 0 Å². The van der Waals surface area contributed by atoms with Gasteiger partial charge in [0.05, 0.1) is 0 Å². The molecule has 1 aliphatic rings. The summed E-state index contributed by atoms with van der Waals surface area (Å²) in [6.45, 7) is 4.39. The zero-order chi connectivity index (χ0) is 4.41. The molecule has 0 aromatic rings. The van der Waals surface area contributed by atoms with Crippen molar-refractivity contribution in [2.45, 2.75) is 12.8 Å². The molecule has 0 bridgehead atoms. The third kappa shape index (κ3) is 0.814. The summed E-state index contributed by atoms with van der Waals surface area (Å²) >= 11 is 0. The van der Waals surface area contributed by atoms with Gasteiger partial charge in [0.2, 0.25) is 0 Å². The highest BCUT2D eigenvalue weighted by molar-refractivity contribution is 5.23. The van der Waals surface area contributed by atoms with Crippen molar-refractivity contribution >= 4 is 6.72 Å². The first kappa shape index (κ1) is 3.85. The Kier molecular flexibility index (Phi) is 0.906. The van der Waals surface area contributed by atoms with Crippen molar-refractivity contribution in [3.8, 4) is 0 Å². The van der Waals surface area contributed by atoms with Crippen molar-refractivity contribution < 1.29 is 0 Å². The van der Waals surface area contributed by atoms with Gasteiger partial charge in [-0.25, -0.2) is 0 Å². The fourth-order valence-electron chi connectivity index (χ4n) is 0.483. The number of nitrogens with zero attached hydrogens (tertiary/aromatic N) is 1. The van der Waals surface area contributed by atoms with Gasteiger partial charge in [-0.2, -0.15) is 0 Å². The molecule has 0 radical (unpaired) electrons. The van der Waals surface area contributed by atoms with E-state index < -0.39 is 0 Å². The molecular weight excluding hydrogens is 74.1 g/mol. The molecule has 1 saturated carbocycles. The molecule has 1 aliphatic carbocycles. The molecule has 0 spiro atoms. The highest BCUT2D eigenvalue weighted by Crippen LogP contribution is 2.28. The van der Waals surface area contributed by atoms with Crippen LogP contribution in [0.15, 0.2) is 4.99 Å². The monoisotopic (exact) mass is 83.1 g/mol. The van der Waals surface area contributed by atoms with E-state index in [0.29, 0.717) is 0 Å². The fraction of sp³-hybridized carbons (Fsp3) is 0.800. The van der Waals surface area contributed by atoms with Gasteiger partial charge in [-0.15, -0.1) is 0 Å². The van der Waals surface area contributed by atoms with Crippen LogP contribution in [0.4, 0.5) is 0 Å². The second kappa shape index (κ2) is 1.41. The lowest BCUT2D eigenvalue weighted by Gasteiger charge is -1.78. The SMILES string of the molecule is C=NCC1CC1. The van der Waals surface area contributed by atoms with Gasteiger partial charge >= 0.3 is 0 Å². The van der Waals surface area contributed by atoms with E-state index in [1.54, 1.807) is 0 Å². The maximum Gasteiger partial charge on any atom is 0.0410 e. The van der Waals surface area contributed by atoms with Crippen molar-refractivity contribution in [3.63, 3.8) is 0 Å². The van der Waals surface area contributed by atoms with Crippen LogP contribution in [0.2, 0.25) is 0 Å². The van der Waals surface area contributed by atoms with E-state index in [9.17, 15) is 0 Å². The highest BCUT2D eigenvalue weighted by atomic mass is 14.7. The molecule has 0 amide bonds. The Morgan fingerprint density at radius 3 is 2.50 bits per heavy atom. The van der Waals surface area contributed by atoms with Crippen LogP contribution in [-0.4, -0.2) is 13.3 Å². The third-order valence-electron chi connectivity index (χ3n) is 1.08. The molecule has 1 fully saturated rings. The molecule has 0 aromatic carbocycles. The van der Waals surface area contributed by atoms with Crippen LogP contribution in [0.25, 0.3) is 0 Å². The minimum absolute atomic E-state index is 0.919. The normalized spacial score (nSPS) is 20.7. The lowest BCUT2D eigenvalue weighted by molar-refractivity contribution is 0.854. The smallest absolute Gasteiger partial charge is 0.0410 e. The Hall–Kier alpha value is -0.330. The van der Waals surface area contributed by atoms with Gasteiger partial charge in [0.1, 0.15) is 0 Å². The van der Waals surface area contributed by atoms with E-state index in [1.165, 1.54) is 12.8 Å². The van der Waals surface area contributed by atoms with Crippen molar-refractivity contribution in [1.82, 2.24) is 0 Å². The maximum absolute atomic E-state index is 3.75. The van der Waals surface area contributed by atoms with E-state index in [-0.39, 0.29) is 0 Å². The van der Waals surface area contributed by atoms with Crippen LogP contribution in [0.5, 0.6) is 0 Å². The maximum atomic E-state index is 3.75. The molecule has 0 N–H and O–H groups in total. The average molecular weight is 83.1 g/mol. The second-order valence-electron chi connectivity index (χ2n) is 1.85. The average Bonchev–Trinajstić information content (AvgIpc) is 2.21. The summed E-state index contributed by atoms with van der Waals surface area (Å²) in [6.07, 6.45) is 2.78. The van der Waals surface area contributed by atoms with Crippen LogP contribution in [0.1, 0.15) is 12.8 Å². The quantitative estimate of drug-likeness (QED) is 0.443. The highest BCUT2D eigenvalue weighted by Gasteiger charge is 2.19. The van der Waals surface area contributed by atoms with Gasteiger partial charge in [0.15, 0.2) is 0 Å². The largest absolute Gasteiger partial charge is 0.301 e. The molecular formula is C5H9N. The zero-order valence-corrected chi connectivity index (χ0v) is 3.85. The molecule has 0 unspecified atom stereocenters. The van der Waals surface area contributed by atoms with E-state index in [1.807, 2.05) is 0 Å². The molecule has 0 atom stereocenters. The first-order chi connectivity index (χ1) is 2.93. The van der Waals surface area contributed by atoms with Crippen LogP contribution < -0.4 is 0 Å². The summed E-state index contributed by atoms with van der Waals surface area (Å²) in [5.74, 6) is 0.919. The standard InChI is InChI=1S/C5H9N/c1-6-4-5-2-3-5/h5H,1-4H2. The minimum atomic E-state index is 0.919. The Morgan fingerprint density at radius 2 is 2.33 bits per heavy atom. The molecule has 0 heterocycles. The van der Waals surface area contributed by atoms with Crippen molar-refractivity contribution in [3.05, 3.63) is 0 Å². The van der Waals surface area contributed by atoms with E-state index in [0.717, 1.165) is 12.5 Å². The van der Waals surface area contributed by atoms with Crippen molar-refractivity contribution in [2.24, 2.45) is 10.9 Å². The lowest BCUT2D eigenvalue weighted by atomic mass is 10.4. The number of rotatable bonds is 2. The van der Waals surface area contributed by atoms with Gasteiger partial charge in [-0.1, -0.05) is 0 Å². The molecule has 0 saturated heterocycles. The number of hydrogen-bond donors (Lipinski definition) is 0. The van der Waals surface area contributed by atoms with E-state index >= 15 is 0 Å². The van der Waals surface area contributed by atoms with Gasteiger partial charge in [-0.05, 0) is 25.5 Å². The van der Waals surface area contributed by atoms with Crippen LogP contribution in [0, 0.1) is 5.92 Å². The van der Waals surface area contributed by atoms with Gasteiger partial charge in [0.25, 0.3) is 0 Å². The third-order valence-corrected chi connectivity index (χ3v) is 1.08. The van der Waals surface area contributed by atoms with Gasteiger partial charge in [-0.3, -0.25) is 0 Å². The van der Waals surface area contributed by atoms with E-state index in [2.05, 4.69) is 11.7 Å². The molecule has 1 heteroatoms. The molecule has 0 aliphatic heterocycles. The second-order valence-corrected chi connectivity index (χ2v) is 1.85. The van der Waals surface area contributed by atoms with Crippen LogP contribution in [0.3, 0.4) is 0 Å². The Morgan fingerprint density at radius 1 is 1.67 bits per heavy atom. The first-order valence-corrected chi connectivity index (χ1v) is 2.36. The summed E-state index contributed by atoms with van der Waals surface area (Å²) in [5.41, 5.74) is 0. The summed E-state index contributed by atoms with van der Waals surface area (Å²) in [4.78, 5) is 3.75. The van der Waals surface area contributed by atoms with Crippen molar-refractivity contribution in [1.29, 1.82) is 0 Å². The van der Waals surface area contributed by atoms with Crippen LogP contribution in [-0.2, 0) is 0 Å². The molecule has 1 rings (SSSR count). The number of aliphatic imine (C=N–C) groups is 1. The summed E-state index contributed by atoms with van der Waals surface area (Å²) in [6, 6.07) is 0. The Balaban J connectivity index is 2.00. The number of hydrogen-bond acceptors (Lipinski definition) is 1. The first-order valence-electron chi connectivity index (χ1n) is 2.36. The topological polar surface area (TPSA) is 12.4 Å². The molecule has 0 aromatic heterocycles. The van der Waals surface area contributed by atoms with Crippen molar-refractivity contribution in [2.75, 3.05) is 6.54 Å². The van der Waals surface area contributed by atoms with Gasteiger partial charge < -0.3 is 4.99 Å². The predicted molar refractivity (Wildman–Crippen MR) is 27.1 cm³/mol. The van der Waals surface area contributed by atoms with E-state index in [4.69, 9.17) is 0 Å². The Bertz CT molecular complexity index is 55.0. The predicted octanol–water partition coefficient (Wildman–Crippen LogP) is 1.10. The summed E-state index contributed by atoms with van der Waals surface area (Å²) in [5, 5.41) is 0. The zero-order valence-electron chi connectivity index (χ0n) is 3.85. The molecule has 34 valence electrons. The summed E-state index contributed by atoms with van der Waals surface area (Å²) < 4.78 is 0. The lowest BCUT2D eigenvalue weighted by Crippen LogP contribution is -1.76. The fourth-order valence-corrected chi connectivity index (χ4v) is 0.483. The molecule has 6 heavy (non-hydrogen) atoms. The minimum Gasteiger partial charge on any atom is -0.301 e. The Labute approximate surface area is 38.1 Å². The van der Waals surface area contributed by atoms with Gasteiger partial charge in [0, 0.05) is 6.54 Å². The summed E-state index contributed by atoms with van der Waals surface area (Å²) in [7, 11) is 0. The molecule has 1 nitrogen and oxygen atoms in total.